The summed E-state index contributed by atoms with van der Waals surface area (Å²) in [7, 11) is -3.10. The number of methoxy groups -OCH3 is 1. The highest BCUT2D eigenvalue weighted by atomic mass is 35.7. The molecule has 0 saturated carbocycles. The van der Waals surface area contributed by atoms with Crippen molar-refractivity contribution in [3.05, 3.63) is 0 Å². The molecule has 0 amide bonds. The van der Waals surface area contributed by atoms with Gasteiger partial charge in [0.2, 0.25) is 0 Å². The van der Waals surface area contributed by atoms with Gasteiger partial charge in [-0.1, -0.05) is 0 Å². The van der Waals surface area contributed by atoms with E-state index in [1.807, 2.05) is 0 Å². The smallest absolute Gasteiger partial charge is 0.356 e. The van der Waals surface area contributed by atoms with Crippen molar-refractivity contribution >= 4 is 18.3 Å². The predicted molar refractivity (Wildman–Crippen MR) is 32.1 cm³/mol. The van der Waals surface area contributed by atoms with Gasteiger partial charge in [0.25, 0.3) is 0 Å². The standard InChI is InChI=1S/C3H7ClFO3P/c1-3(7-2)8-9(4,5)6/h3H,1-2H3. The maximum atomic E-state index is 11.8. The minimum absolute atomic E-state index is 0.877. The van der Waals surface area contributed by atoms with E-state index in [0.29, 0.717) is 0 Å². The molecule has 0 aromatic carbocycles. The van der Waals surface area contributed by atoms with Crippen LogP contribution in [0.15, 0.2) is 0 Å². The van der Waals surface area contributed by atoms with E-state index in [4.69, 9.17) is 0 Å². The van der Waals surface area contributed by atoms with Crippen molar-refractivity contribution < 1.29 is 18.0 Å². The van der Waals surface area contributed by atoms with Gasteiger partial charge in [-0.15, -0.1) is 4.20 Å². The summed E-state index contributed by atoms with van der Waals surface area (Å²) in [6.45, 7) is 1.38. The van der Waals surface area contributed by atoms with Gasteiger partial charge >= 0.3 is 7.03 Å². The first-order chi connectivity index (χ1) is 3.95. The number of rotatable bonds is 3. The molecule has 0 heterocycles. The third kappa shape index (κ3) is 6.25. The van der Waals surface area contributed by atoms with Crippen LogP contribution in [0.2, 0.25) is 0 Å². The normalized spacial score (nSPS) is 20.9. The Morgan fingerprint density at radius 2 is 2.22 bits per heavy atom. The molecule has 0 spiro atoms. The molecular formula is C3H7ClFO3P. The Morgan fingerprint density at radius 1 is 1.78 bits per heavy atom. The van der Waals surface area contributed by atoms with Gasteiger partial charge < -0.3 is 4.74 Å². The van der Waals surface area contributed by atoms with Gasteiger partial charge in [-0.3, -0.25) is 4.52 Å². The van der Waals surface area contributed by atoms with Crippen LogP contribution < -0.4 is 0 Å². The Morgan fingerprint density at radius 3 is 2.33 bits per heavy atom. The Balaban J connectivity index is 3.60. The second-order valence-electron chi connectivity index (χ2n) is 1.32. The van der Waals surface area contributed by atoms with Crippen LogP contribution in [-0.2, 0) is 13.8 Å². The molecule has 0 aliphatic rings. The topological polar surface area (TPSA) is 35.5 Å². The largest absolute Gasteiger partial charge is 0.463 e. The molecule has 0 aliphatic carbocycles. The molecule has 9 heavy (non-hydrogen) atoms. The lowest BCUT2D eigenvalue weighted by atomic mass is 10.8. The van der Waals surface area contributed by atoms with Gasteiger partial charge in [-0.25, -0.2) is 4.57 Å². The molecule has 0 fully saturated rings. The van der Waals surface area contributed by atoms with Crippen molar-refractivity contribution in [2.24, 2.45) is 0 Å². The molecule has 2 unspecified atom stereocenters. The fourth-order valence-electron chi connectivity index (χ4n) is 0.216. The quantitative estimate of drug-likeness (QED) is 0.489. The van der Waals surface area contributed by atoms with Gasteiger partial charge in [-0.2, -0.15) is 0 Å². The van der Waals surface area contributed by atoms with Crippen molar-refractivity contribution in [1.29, 1.82) is 0 Å². The number of hydrogen-bond acceptors (Lipinski definition) is 3. The Hall–Kier alpha value is 0.370. The van der Waals surface area contributed by atoms with Gasteiger partial charge in [-0.05, 0) is 6.92 Å². The Kier molecular flexibility index (Phi) is 3.66. The first-order valence-corrected chi connectivity index (χ1v) is 4.58. The highest BCUT2D eigenvalue weighted by Gasteiger charge is 2.20. The molecule has 3 nitrogen and oxygen atoms in total. The number of hydrogen-bond donors (Lipinski definition) is 0. The summed E-state index contributed by atoms with van der Waals surface area (Å²) in [5.74, 6) is 0. The lowest BCUT2D eigenvalue weighted by Gasteiger charge is -2.08. The first-order valence-electron chi connectivity index (χ1n) is 2.16. The van der Waals surface area contributed by atoms with Crippen molar-refractivity contribution in [1.82, 2.24) is 0 Å². The second kappa shape index (κ2) is 3.52. The van der Waals surface area contributed by atoms with Crippen molar-refractivity contribution in [3.8, 4) is 0 Å². The molecule has 0 bridgehead atoms. The van der Waals surface area contributed by atoms with E-state index in [1.54, 1.807) is 0 Å². The zero-order valence-corrected chi connectivity index (χ0v) is 6.66. The SMILES string of the molecule is COC(C)OP(=O)(F)Cl. The minimum atomic E-state index is -4.39. The maximum Gasteiger partial charge on any atom is 0.463 e. The van der Waals surface area contributed by atoms with Crippen LogP contribution in [0.25, 0.3) is 0 Å². The summed E-state index contributed by atoms with van der Waals surface area (Å²) >= 11 is 4.59. The van der Waals surface area contributed by atoms with E-state index >= 15 is 0 Å². The molecule has 0 aliphatic heterocycles. The molecule has 0 aromatic rings. The van der Waals surface area contributed by atoms with E-state index in [2.05, 4.69) is 20.5 Å². The van der Waals surface area contributed by atoms with Crippen LogP contribution in [0.3, 0.4) is 0 Å². The zero-order chi connectivity index (χ0) is 7.49. The first kappa shape index (κ1) is 9.37. The predicted octanol–water partition coefficient (Wildman–Crippen LogP) is 2.31. The van der Waals surface area contributed by atoms with Crippen LogP contribution >= 0.6 is 18.3 Å². The van der Waals surface area contributed by atoms with Crippen LogP contribution in [0.5, 0.6) is 0 Å². The molecule has 6 heteroatoms. The van der Waals surface area contributed by atoms with Crippen molar-refractivity contribution in [2.45, 2.75) is 13.2 Å². The Labute approximate surface area is 57.5 Å². The van der Waals surface area contributed by atoms with Gasteiger partial charge in [0.1, 0.15) is 0 Å². The molecule has 0 rings (SSSR count). The minimum Gasteiger partial charge on any atom is -0.356 e. The fourth-order valence-corrected chi connectivity index (χ4v) is 0.984. The maximum absolute atomic E-state index is 11.8. The highest BCUT2D eigenvalue weighted by Crippen LogP contribution is 2.54. The fraction of sp³-hybridized carbons (Fsp3) is 1.00. The monoisotopic (exact) mass is 176 g/mol. The van der Waals surface area contributed by atoms with E-state index in [9.17, 15) is 8.76 Å². The van der Waals surface area contributed by atoms with Crippen LogP contribution in [0, 0.1) is 0 Å². The zero-order valence-electron chi connectivity index (χ0n) is 5.01. The summed E-state index contributed by atoms with van der Waals surface area (Å²) in [4.78, 5) is 0. The third-order valence-corrected chi connectivity index (χ3v) is 1.38. The lowest BCUT2D eigenvalue weighted by molar-refractivity contribution is -0.0381. The molecule has 0 saturated heterocycles. The molecule has 0 aromatic heterocycles. The molecular weight excluding hydrogens is 169 g/mol. The van der Waals surface area contributed by atoms with Gasteiger partial charge in [0.15, 0.2) is 6.29 Å². The Bertz CT molecular complexity index is 124. The molecule has 0 radical (unpaired) electrons. The second-order valence-corrected chi connectivity index (χ2v) is 3.57. The summed E-state index contributed by atoms with van der Waals surface area (Å²) < 4.78 is 30.3. The van der Waals surface area contributed by atoms with E-state index in [0.717, 1.165) is 0 Å². The summed E-state index contributed by atoms with van der Waals surface area (Å²) in [5.41, 5.74) is 0. The van der Waals surface area contributed by atoms with Crippen LogP contribution in [0.4, 0.5) is 4.20 Å². The number of halogens is 2. The molecule has 0 N–H and O–H groups in total. The van der Waals surface area contributed by atoms with E-state index in [1.165, 1.54) is 14.0 Å². The van der Waals surface area contributed by atoms with Crippen LogP contribution in [-0.4, -0.2) is 13.4 Å². The van der Waals surface area contributed by atoms with Gasteiger partial charge in [0.05, 0.1) is 0 Å². The van der Waals surface area contributed by atoms with Crippen molar-refractivity contribution in [3.63, 3.8) is 0 Å². The summed E-state index contributed by atoms with van der Waals surface area (Å²) in [6, 6.07) is 0. The summed E-state index contributed by atoms with van der Waals surface area (Å²) in [6.07, 6.45) is -0.877. The third-order valence-electron chi connectivity index (χ3n) is 0.603. The van der Waals surface area contributed by atoms with Crippen LogP contribution in [0.1, 0.15) is 6.92 Å². The van der Waals surface area contributed by atoms with Crippen molar-refractivity contribution in [2.75, 3.05) is 7.11 Å². The number of ether oxygens (including phenoxy) is 1. The highest BCUT2D eigenvalue weighted by molar-refractivity contribution is 7.81. The summed E-state index contributed by atoms with van der Waals surface area (Å²) in [5, 5.41) is 0. The average molecular weight is 177 g/mol. The lowest BCUT2D eigenvalue weighted by Crippen LogP contribution is -2.05. The van der Waals surface area contributed by atoms with E-state index < -0.39 is 13.3 Å². The molecule has 2 atom stereocenters. The van der Waals surface area contributed by atoms with Gasteiger partial charge in [0, 0.05) is 18.4 Å². The molecule has 56 valence electrons. The average Bonchev–Trinajstić information content (AvgIpc) is 1.62. The van der Waals surface area contributed by atoms with E-state index in [-0.39, 0.29) is 0 Å².